The molecular weight excluding hydrogens is 254 g/mol. The highest BCUT2D eigenvalue weighted by atomic mass is 16.4. The van der Waals surface area contributed by atoms with E-state index < -0.39 is 5.41 Å². The summed E-state index contributed by atoms with van der Waals surface area (Å²) >= 11 is 0. The molecule has 116 valence electrons. The number of carbonyl (C=O) groups excluding carboxylic acids is 1. The zero-order valence-electron chi connectivity index (χ0n) is 13.2. The van der Waals surface area contributed by atoms with Crippen molar-refractivity contribution in [1.29, 1.82) is 0 Å². The van der Waals surface area contributed by atoms with Crippen LogP contribution in [0.1, 0.15) is 59.3 Å². The fourth-order valence-electron chi connectivity index (χ4n) is 3.21. The first-order valence-electron chi connectivity index (χ1n) is 7.60. The zero-order chi connectivity index (χ0) is 15.3. The number of rotatable bonds is 5. The standard InChI is InChI=1S/C15H29N3O2/c1-11(2)10-12(3)18(4)14(19)15(13(16)17-20)8-6-5-7-9-15/h11-12,20H,5-10H2,1-4H3,(H2,16,17). The maximum Gasteiger partial charge on any atom is 0.236 e. The van der Waals surface area contributed by atoms with Crippen LogP contribution in [0.15, 0.2) is 5.16 Å². The molecule has 0 radical (unpaired) electrons. The minimum absolute atomic E-state index is 0.000602. The molecule has 1 atom stereocenters. The van der Waals surface area contributed by atoms with Crippen molar-refractivity contribution in [2.75, 3.05) is 7.05 Å². The quantitative estimate of drug-likeness (QED) is 0.352. The number of carbonyl (C=O) groups is 1. The molecule has 0 bridgehead atoms. The number of amides is 1. The van der Waals surface area contributed by atoms with Gasteiger partial charge in [-0.25, -0.2) is 0 Å². The van der Waals surface area contributed by atoms with Gasteiger partial charge in [-0.2, -0.15) is 0 Å². The second-order valence-corrected chi connectivity index (χ2v) is 6.52. The summed E-state index contributed by atoms with van der Waals surface area (Å²) in [6, 6.07) is 0.160. The predicted octanol–water partition coefficient (Wildman–Crippen LogP) is 2.58. The van der Waals surface area contributed by atoms with Crippen molar-refractivity contribution in [1.82, 2.24) is 4.90 Å². The molecule has 0 spiro atoms. The van der Waals surface area contributed by atoms with Gasteiger partial charge in [0.1, 0.15) is 5.41 Å². The molecule has 3 N–H and O–H groups in total. The Morgan fingerprint density at radius 2 is 1.85 bits per heavy atom. The van der Waals surface area contributed by atoms with Crippen LogP contribution in [0.3, 0.4) is 0 Å². The van der Waals surface area contributed by atoms with Gasteiger partial charge in [0, 0.05) is 13.1 Å². The first-order valence-corrected chi connectivity index (χ1v) is 7.60. The summed E-state index contributed by atoms with van der Waals surface area (Å²) in [4.78, 5) is 14.7. The molecule has 20 heavy (non-hydrogen) atoms. The number of hydrogen-bond donors (Lipinski definition) is 2. The summed E-state index contributed by atoms with van der Waals surface area (Å²) in [7, 11) is 1.83. The fourth-order valence-corrected chi connectivity index (χ4v) is 3.21. The van der Waals surface area contributed by atoms with Crippen molar-refractivity contribution in [2.45, 2.75) is 65.3 Å². The molecule has 1 saturated carbocycles. The van der Waals surface area contributed by atoms with Crippen LogP contribution in [-0.4, -0.2) is 34.9 Å². The Hall–Kier alpha value is -1.26. The maximum atomic E-state index is 12.9. The summed E-state index contributed by atoms with van der Waals surface area (Å²) in [5, 5.41) is 12.2. The lowest BCUT2D eigenvalue weighted by Crippen LogP contribution is -2.53. The summed E-state index contributed by atoms with van der Waals surface area (Å²) < 4.78 is 0. The van der Waals surface area contributed by atoms with Crippen LogP contribution in [0.5, 0.6) is 0 Å². The number of hydrogen-bond acceptors (Lipinski definition) is 3. The fraction of sp³-hybridized carbons (Fsp3) is 0.867. The molecule has 0 aliphatic heterocycles. The van der Waals surface area contributed by atoms with Crippen LogP contribution in [-0.2, 0) is 4.79 Å². The third-order valence-corrected chi connectivity index (χ3v) is 4.51. The monoisotopic (exact) mass is 283 g/mol. The van der Waals surface area contributed by atoms with Gasteiger partial charge in [0.15, 0.2) is 5.84 Å². The highest BCUT2D eigenvalue weighted by Crippen LogP contribution is 2.38. The number of nitrogens with two attached hydrogens (primary N) is 1. The predicted molar refractivity (Wildman–Crippen MR) is 80.6 cm³/mol. The molecule has 5 nitrogen and oxygen atoms in total. The molecular formula is C15H29N3O2. The van der Waals surface area contributed by atoms with Crippen molar-refractivity contribution >= 4 is 11.7 Å². The molecule has 1 aliphatic rings. The Kier molecular flexibility index (Phi) is 5.84. The summed E-state index contributed by atoms with van der Waals surface area (Å²) in [6.45, 7) is 6.35. The lowest BCUT2D eigenvalue weighted by molar-refractivity contribution is -0.140. The molecule has 0 aromatic heterocycles. The average Bonchev–Trinajstić information content (AvgIpc) is 2.44. The van der Waals surface area contributed by atoms with Crippen molar-refractivity contribution in [2.24, 2.45) is 22.2 Å². The van der Waals surface area contributed by atoms with Crippen LogP contribution in [0.25, 0.3) is 0 Å². The van der Waals surface area contributed by atoms with Gasteiger partial charge in [0.25, 0.3) is 0 Å². The molecule has 1 fully saturated rings. The minimum Gasteiger partial charge on any atom is -0.409 e. The van der Waals surface area contributed by atoms with Gasteiger partial charge >= 0.3 is 0 Å². The van der Waals surface area contributed by atoms with E-state index in [1.165, 1.54) is 0 Å². The number of oxime groups is 1. The van der Waals surface area contributed by atoms with Gasteiger partial charge in [-0.05, 0) is 32.1 Å². The third kappa shape index (κ3) is 3.44. The van der Waals surface area contributed by atoms with E-state index in [2.05, 4.69) is 25.9 Å². The van der Waals surface area contributed by atoms with Gasteiger partial charge in [-0.1, -0.05) is 38.3 Å². The van der Waals surface area contributed by atoms with Crippen LogP contribution in [0.2, 0.25) is 0 Å². The molecule has 1 unspecified atom stereocenters. The summed E-state index contributed by atoms with van der Waals surface area (Å²) in [5.41, 5.74) is 5.08. The Morgan fingerprint density at radius 3 is 2.30 bits per heavy atom. The third-order valence-electron chi connectivity index (χ3n) is 4.51. The molecule has 1 rings (SSSR count). The van der Waals surface area contributed by atoms with E-state index in [4.69, 9.17) is 10.9 Å². The molecule has 5 heteroatoms. The van der Waals surface area contributed by atoms with Crippen LogP contribution in [0, 0.1) is 11.3 Å². The van der Waals surface area contributed by atoms with E-state index in [-0.39, 0.29) is 17.8 Å². The Bertz CT molecular complexity index is 360. The van der Waals surface area contributed by atoms with Gasteiger partial charge in [-0.15, -0.1) is 0 Å². The first-order chi connectivity index (χ1) is 9.35. The van der Waals surface area contributed by atoms with Gasteiger partial charge in [-0.3, -0.25) is 4.79 Å². The van der Waals surface area contributed by atoms with E-state index in [9.17, 15) is 4.79 Å². The highest BCUT2D eigenvalue weighted by molar-refractivity contribution is 6.06. The average molecular weight is 283 g/mol. The second-order valence-electron chi connectivity index (χ2n) is 6.52. The van der Waals surface area contributed by atoms with Crippen molar-refractivity contribution in [3.05, 3.63) is 0 Å². The smallest absolute Gasteiger partial charge is 0.236 e. The Labute approximate surface area is 122 Å². The van der Waals surface area contributed by atoms with E-state index in [0.29, 0.717) is 18.8 Å². The van der Waals surface area contributed by atoms with E-state index in [0.717, 1.165) is 25.7 Å². The van der Waals surface area contributed by atoms with Gasteiger partial charge in [0.05, 0.1) is 0 Å². The highest BCUT2D eigenvalue weighted by Gasteiger charge is 2.46. The van der Waals surface area contributed by atoms with E-state index in [1.807, 2.05) is 7.05 Å². The van der Waals surface area contributed by atoms with Crippen molar-refractivity contribution < 1.29 is 10.0 Å². The maximum absolute atomic E-state index is 12.9. The van der Waals surface area contributed by atoms with Crippen LogP contribution in [0.4, 0.5) is 0 Å². The molecule has 0 aromatic carbocycles. The lowest BCUT2D eigenvalue weighted by Gasteiger charge is -2.39. The molecule has 0 saturated heterocycles. The Morgan fingerprint density at radius 1 is 1.30 bits per heavy atom. The Balaban J connectivity index is 2.94. The topological polar surface area (TPSA) is 78.9 Å². The largest absolute Gasteiger partial charge is 0.409 e. The van der Waals surface area contributed by atoms with E-state index in [1.54, 1.807) is 4.90 Å². The number of nitrogens with zero attached hydrogens (tertiary/aromatic N) is 2. The molecule has 0 aromatic rings. The normalized spacial score (nSPS) is 20.8. The van der Waals surface area contributed by atoms with Crippen molar-refractivity contribution in [3.8, 4) is 0 Å². The van der Waals surface area contributed by atoms with Gasteiger partial charge in [0.2, 0.25) is 5.91 Å². The SMILES string of the molecule is CC(C)CC(C)N(C)C(=O)C1(C(N)=NO)CCCCC1. The van der Waals surface area contributed by atoms with Gasteiger partial charge < -0.3 is 15.8 Å². The summed E-state index contributed by atoms with van der Waals surface area (Å²) in [6.07, 6.45) is 5.33. The number of amidine groups is 1. The van der Waals surface area contributed by atoms with Crippen LogP contribution >= 0.6 is 0 Å². The first kappa shape index (κ1) is 16.8. The summed E-state index contributed by atoms with van der Waals surface area (Å²) in [5.74, 6) is 0.609. The van der Waals surface area contributed by atoms with Crippen LogP contribution < -0.4 is 5.73 Å². The molecule has 0 heterocycles. The van der Waals surface area contributed by atoms with E-state index >= 15 is 0 Å². The molecule has 1 aliphatic carbocycles. The van der Waals surface area contributed by atoms with Crippen molar-refractivity contribution in [3.63, 3.8) is 0 Å². The molecule has 1 amide bonds. The minimum atomic E-state index is -0.799. The lowest BCUT2D eigenvalue weighted by atomic mass is 9.72. The zero-order valence-corrected chi connectivity index (χ0v) is 13.2. The second kappa shape index (κ2) is 6.95.